The number of sulfone groups is 1. The summed E-state index contributed by atoms with van der Waals surface area (Å²) in [5.41, 5.74) is 3.01. The van der Waals surface area contributed by atoms with Gasteiger partial charge in [0.1, 0.15) is 11.6 Å². The Morgan fingerprint density at radius 1 is 1.11 bits per heavy atom. The van der Waals surface area contributed by atoms with Crippen LogP contribution in [-0.2, 0) is 25.8 Å². The molecule has 2 amide bonds. The summed E-state index contributed by atoms with van der Waals surface area (Å²) in [6.07, 6.45) is -0.458. The molecule has 2 heterocycles. The second-order valence-corrected chi connectivity index (χ2v) is 14.0. The molecule has 0 aliphatic carbocycles. The van der Waals surface area contributed by atoms with Gasteiger partial charge in [-0.3, -0.25) is 4.79 Å². The molecule has 2 saturated heterocycles. The Morgan fingerprint density at radius 3 is 2.38 bits per heavy atom. The molecule has 0 saturated carbocycles. The summed E-state index contributed by atoms with van der Waals surface area (Å²) in [7, 11) is -3.18. The van der Waals surface area contributed by atoms with Crippen molar-refractivity contribution in [2.24, 2.45) is 4.99 Å². The minimum Gasteiger partial charge on any atom is -0.444 e. The van der Waals surface area contributed by atoms with Crippen LogP contribution in [-0.4, -0.2) is 60.0 Å². The van der Waals surface area contributed by atoms with Crippen molar-refractivity contribution in [3.05, 3.63) is 65.2 Å². The second kappa shape index (κ2) is 10.5. The first-order chi connectivity index (χ1) is 17.3. The van der Waals surface area contributed by atoms with Crippen molar-refractivity contribution in [1.29, 1.82) is 0 Å². The maximum absolute atomic E-state index is 13.5. The van der Waals surface area contributed by atoms with Gasteiger partial charge in [-0.05, 0) is 63.4 Å². The van der Waals surface area contributed by atoms with Gasteiger partial charge in [-0.1, -0.05) is 48.2 Å². The maximum atomic E-state index is 13.5. The number of nitrogens with one attached hydrogen (secondary N) is 1. The van der Waals surface area contributed by atoms with Gasteiger partial charge >= 0.3 is 6.09 Å². The third-order valence-corrected chi connectivity index (χ3v) is 9.24. The minimum absolute atomic E-state index is 0.00840. The summed E-state index contributed by atoms with van der Waals surface area (Å²) in [5.74, 6) is -0.469. The van der Waals surface area contributed by atoms with E-state index < -0.39 is 33.5 Å². The van der Waals surface area contributed by atoms with Crippen LogP contribution in [0.5, 0.6) is 0 Å². The quantitative estimate of drug-likeness (QED) is 0.607. The fraction of sp³-hybridized carbons (Fsp3) is 0.444. The summed E-state index contributed by atoms with van der Waals surface area (Å²) >= 11 is 1.31. The Balaban J connectivity index is 1.67. The van der Waals surface area contributed by atoms with Gasteiger partial charge in [-0.25, -0.2) is 13.2 Å². The third kappa shape index (κ3) is 6.93. The van der Waals surface area contributed by atoms with E-state index in [0.717, 1.165) is 22.4 Å². The fourth-order valence-corrected chi connectivity index (χ4v) is 8.55. The summed E-state index contributed by atoms with van der Waals surface area (Å²) in [5, 5.41) is 2.92. The van der Waals surface area contributed by atoms with Gasteiger partial charge in [0.25, 0.3) is 5.91 Å². The lowest BCUT2D eigenvalue weighted by atomic mass is 10.1. The highest BCUT2D eigenvalue weighted by Gasteiger charge is 2.49. The SMILES string of the molecule is Cc1cc(C)cc(N2C(=NC(=O)[C@H](Cc3ccccc3)NC(=O)OC(C)(C)C)S[C@@H]3CS(=O)(=O)C[C@@H]32)c1. The van der Waals surface area contributed by atoms with Gasteiger partial charge in [0.05, 0.1) is 17.5 Å². The largest absolute Gasteiger partial charge is 0.444 e. The minimum atomic E-state index is -3.18. The molecule has 2 aliphatic rings. The number of nitrogens with zero attached hydrogens (tertiary/aromatic N) is 2. The molecule has 8 nitrogen and oxygen atoms in total. The highest BCUT2D eigenvalue weighted by Crippen LogP contribution is 2.41. The molecule has 3 atom stereocenters. The van der Waals surface area contributed by atoms with E-state index in [1.54, 1.807) is 20.8 Å². The van der Waals surface area contributed by atoms with Crippen molar-refractivity contribution in [3.63, 3.8) is 0 Å². The number of amidine groups is 1. The van der Waals surface area contributed by atoms with E-state index in [-0.39, 0.29) is 29.2 Å². The first-order valence-corrected chi connectivity index (χ1v) is 14.9. The van der Waals surface area contributed by atoms with E-state index in [0.29, 0.717) is 5.17 Å². The number of carbonyl (C=O) groups excluding carboxylic acids is 2. The third-order valence-electron chi connectivity index (χ3n) is 6.03. The van der Waals surface area contributed by atoms with Crippen molar-refractivity contribution in [1.82, 2.24) is 5.32 Å². The highest BCUT2D eigenvalue weighted by atomic mass is 32.2. The molecule has 2 aromatic rings. The average Bonchev–Trinajstić information content (AvgIpc) is 3.22. The van der Waals surface area contributed by atoms with Crippen molar-refractivity contribution < 1.29 is 22.7 Å². The Labute approximate surface area is 222 Å². The van der Waals surface area contributed by atoms with Crippen LogP contribution in [0.1, 0.15) is 37.5 Å². The lowest BCUT2D eigenvalue weighted by Crippen LogP contribution is -2.45. The highest BCUT2D eigenvalue weighted by molar-refractivity contribution is 8.16. The number of fused-ring (bicyclic) bond motifs is 1. The number of alkyl carbamates (subject to hydrolysis) is 1. The van der Waals surface area contributed by atoms with E-state index in [1.807, 2.05) is 67.3 Å². The van der Waals surface area contributed by atoms with Gasteiger partial charge in [-0.15, -0.1) is 0 Å². The number of hydrogen-bond acceptors (Lipinski definition) is 6. The number of benzene rings is 2. The number of hydrogen-bond donors (Lipinski definition) is 1. The number of carbonyl (C=O) groups is 2. The number of aryl methyl sites for hydroxylation is 2. The Hall–Kier alpha value is -2.85. The van der Waals surface area contributed by atoms with Crippen LogP contribution in [0.4, 0.5) is 10.5 Å². The van der Waals surface area contributed by atoms with Crippen LogP contribution in [0.3, 0.4) is 0 Å². The molecular weight excluding hydrogens is 510 g/mol. The van der Waals surface area contributed by atoms with Crippen LogP contribution in [0, 0.1) is 13.8 Å². The number of anilines is 1. The molecule has 0 radical (unpaired) electrons. The molecule has 198 valence electrons. The van der Waals surface area contributed by atoms with E-state index in [2.05, 4.69) is 10.3 Å². The first-order valence-electron chi connectivity index (χ1n) is 12.2. The molecule has 0 unspecified atom stereocenters. The molecule has 2 fully saturated rings. The summed E-state index contributed by atoms with van der Waals surface area (Å²) in [4.78, 5) is 32.5. The lowest BCUT2D eigenvalue weighted by Gasteiger charge is -2.26. The van der Waals surface area contributed by atoms with Gasteiger partial charge in [0, 0.05) is 17.4 Å². The molecule has 2 aliphatic heterocycles. The Bertz CT molecular complexity index is 1300. The number of amides is 2. The molecule has 37 heavy (non-hydrogen) atoms. The van der Waals surface area contributed by atoms with Crippen molar-refractivity contribution >= 4 is 44.5 Å². The number of thioether (sulfide) groups is 1. The van der Waals surface area contributed by atoms with Crippen LogP contribution < -0.4 is 10.2 Å². The first kappa shape index (κ1) is 27.2. The Kier molecular flexibility index (Phi) is 7.71. The van der Waals surface area contributed by atoms with Gasteiger partial charge in [0.2, 0.25) is 0 Å². The lowest BCUT2D eigenvalue weighted by molar-refractivity contribution is -0.119. The van der Waals surface area contributed by atoms with Gasteiger partial charge in [-0.2, -0.15) is 4.99 Å². The summed E-state index contributed by atoms with van der Waals surface area (Å²) in [6, 6.07) is 14.1. The van der Waals surface area contributed by atoms with E-state index in [1.165, 1.54) is 11.8 Å². The summed E-state index contributed by atoms with van der Waals surface area (Å²) < 4.78 is 30.2. The van der Waals surface area contributed by atoms with E-state index >= 15 is 0 Å². The molecule has 0 aromatic heterocycles. The van der Waals surface area contributed by atoms with E-state index in [9.17, 15) is 18.0 Å². The maximum Gasteiger partial charge on any atom is 0.408 e. The number of rotatable bonds is 5. The topological polar surface area (TPSA) is 105 Å². The van der Waals surface area contributed by atoms with Crippen molar-refractivity contribution in [3.8, 4) is 0 Å². The molecular formula is C27H33N3O5S2. The molecule has 1 N–H and O–H groups in total. The zero-order chi connectivity index (χ0) is 27.0. The van der Waals surface area contributed by atoms with Crippen LogP contribution >= 0.6 is 11.8 Å². The standard InChI is InChI=1S/C27H33N3O5S2/c1-17-11-18(2)13-20(12-17)30-22-15-37(33,34)16-23(22)36-25(30)29-24(31)21(14-19-9-7-6-8-10-19)28-26(32)35-27(3,4)5/h6-13,21-23H,14-16H2,1-5H3,(H,28,32)/t21-,22-,23+/m0/s1. The second-order valence-electron chi connectivity index (χ2n) is 10.6. The predicted octanol–water partition coefficient (Wildman–Crippen LogP) is 4.04. The van der Waals surface area contributed by atoms with Crippen LogP contribution in [0.15, 0.2) is 53.5 Å². The van der Waals surface area contributed by atoms with Gasteiger partial charge < -0.3 is 15.0 Å². The fourth-order valence-electron chi connectivity index (χ4n) is 4.63. The molecule has 4 rings (SSSR count). The van der Waals surface area contributed by atoms with E-state index in [4.69, 9.17) is 4.74 Å². The predicted molar refractivity (Wildman–Crippen MR) is 148 cm³/mol. The van der Waals surface area contributed by atoms with Crippen LogP contribution in [0.25, 0.3) is 0 Å². The van der Waals surface area contributed by atoms with Crippen molar-refractivity contribution in [2.75, 3.05) is 16.4 Å². The molecule has 0 spiro atoms. The molecule has 0 bridgehead atoms. The molecule has 10 heteroatoms. The molecule has 2 aromatic carbocycles. The normalized spacial score (nSPS) is 22.5. The van der Waals surface area contributed by atoms with Crippen LogP contribution in [0.2, 0.25) is 0 Å². The Morgan fingerprint density at radius 2 is 1.76 bits per heavy atom. The smallest absolute Gasteiger partial charge is 0.408 e. The van der Waals surface area contributed by atoms with Crippen molar-refractivity contribution in [2.45, 2.75) is 64.0 Å². The summed E-state index contributed by atoms with van der Waals surface area (Å²) in [6.45, 7) is 9.22. The number of aliphatic imine (C=N–C) groups is 1. The average molecular weight is 544 g/mol. The zero-order valence-electron chi connectivity index (χ0n) is 21.7. The van der Waals surface area contributed by atoms with Gasteiger partial charge in [0.15, 0.2) is 15.0 Å². The monoisotopic (exact) mass is 543 g/mol. The zero-order valence-corrected chi connectivity index (χ0v) is 23.4. The number of ether oxygens (including phenoxy) is 1.